The van der Waals surface area contributed by atoms with Crippen LogP contribution in [0.2, 0.25) is 0 Å². The van der Waals surface area contributed by atoms with E-state index < -0.39 is 0 Å². The van der Waals surface area contributed by atoms with Crippen LogP contribution in [0.4, 0.5) is 0 Å². The van der Waals surface area contributed by atoms with Crippen molar-refractivity contribution in [2.24, 2.45) is 12.0 Å². The molecule has 1 rings (SSSR count). The summed E-state index contributed by atoms with van der Waals surface area (Å²) in [5.74, 6) is 0.747. The second kappa shape index (κ2) is 9.35. The van der Waals surface area contributed by atoms with Gasteiger partial charge in [0.1, 0.15) is 0 Å². The summed E-state index contributed by atoms with van der Waals surface area (Å²) in [6.45, 7) is 3.23. The van der Waals surface area contributed by atoms with E-state index in [-0.39, 0.29) is 0 Å². The lowest BCUT2D eigenvalue weighted by Gasteiger charge is -2.12. The number of ether oxygens (including phenoxy) is 2. The molecule has 0 aliphatic heterocycles. The van der Waals surface area contributed by atoms with Gasteiger partial charge in [-0.2, -0.15) is 5.10 Å². The number of aryl methyl sites for hydroxylation is 1. The highest BCUT2D eigenvalue weighted by Gasteiger charge is 2.00. The first kappa shape index (κ1) is 15.5. The van der Waals surface area contributed by atoms with Gasteiger partial charge >= 0.3 is 0 Å². The molecule has 0 aromatic carbocycles. The number of nitrogens with one attached hydrogen (secondary N) is 2. The Balaban J connectivity index is 2.15. The molecule has 1 aromatic rings. The van der Waals surface area contributed by atoms with Crippen LogP contribution in [0.5, 0.6) is 0 Å². The molecule has 0 spiro atoms. The van der Waals surface area contributed by atoms with Crippen molar-refractivity contribution in [2.75, 3.05) is 40.5 Å². The summed E-state index contributed by atoms with van der Waals surface area (Å²) >= 11 is 0. The molecule has 0 saturated carbocycles. The minimum Gasteiger partial charge on any atom is -0.382 e. The van der Waals surface area contributed by atoms with Crippen LogP contribution in [0.25, 0.3) is 0 Å². The predicted molar refractivity (Wildman–Crippen MR) is 74.1 cm³/mol. The molecule has 0 saturated heterocycles. The fourth-order valence-electron chi connectivity index (χ4n) is 1.46. The summed E-state index contributed by atoms with van der Waals surface area (Å²) in [4.78, 5) is 4.14. The summed E-state index contributed by atoms with van der Waals surface area (Å²) in [6.07, 6.45) is 1.77. The first-order valence-corrected chi connectivity index (χ1v) is 6.26. The van der Waals surface area contributed by atoms with Crippen LogP contribution >= 0.6 is 0 Å². The molecule has 0 aliphatic carbocycles. The first-order chi connectivity index (χ1) is 9.27. The lowest BCUT2D eigenvalue weighted by molar-refractivity contribution is 0.0733. The molecular weight excluding hydrogens is 246 g/mol. The van der Waals surface area contributed by atoms with Gasteiger partial charge < -0.3 is 20.1 Å². The van der Waals surface area contributed by atoms with Gasteiger partial charge in [0.2, 0.25) is 0 Å². The van der Waals surface area contributed by atoms with E-state index >= 15 is 0 Å². The maximum atomic E-state index is 5.35. The van der Waals surface area contributed by atoms with Crippen molar-refractivity contribution >= 4 is 5.96 Å². The number of rotatable bonds is 8. The molecule has 7 heteroatoms. The molecule has 1 aromatic heterocycles. The van der Waals surface area contributed by atoms with E-state index in [0.717, 1.165) is 11.7 Å². The van der Waals surface area contributed by atoms with E-state index in [9.17, 15) is 0 Å². The third-order valence-corrected chi connectivity index (χ3v) is 2.55. The lowest BCUT2D eigenvalue weighted by atomic mass is 10.4. The summed E-state index contributed by atoms with van der Waals surface area (Å²) in [5, 5.41) is 10.5. The highest BCUT2D eigenvalue weighted by atomic mass is 16.5. The van der Waals surface area contributed by atoms with E-state index in [1.807, 2.05) is 17.8 Å². The molecule has 108 valence electrons. The van der Waals surface area contributed by atoms with Gasteiger partial charge in [0.15, 0.2) is 5.96 Å². The Morgan fingerprint density at radius 2 is 2.21 bits per heavy atom. The van der Waals surface area contributed by atoms with Crippen molar-refractivity contribution in [1.29, 1.82) is 0 Å². The van der Waals surface area contributed by atoms with Gasteiger partial charge in [0.05, 0.1) is 32.1 Å². The van der Waals surface area contributed by atoms with Gasteiger partial charge in [-0.15, -0.1) is 0 Å². The largest absolute Gasteiger partial charge is 0.382 e. The Morgan fingerprint density at radius 3 is 2.84 bits per heavy atom. The smallest absolute Gasteiger partial charge is 0.191 e. The van der Waals surface area contributed by atoms with E-state index in [2.05, 4.69) is 20.7 Å². The zero-order valence-electron chi connectivity index (χ0n) is 11.8. The number of hydrogen-bond donors (Lipinski definition) is 2. The van der Waals surface area contributed by atoms with Gasteiger partial charge in [-0.1, -0.05) is 0 Å². The molecule has 0 fully saturated rings. The van der Waals surface area contributed by atoms with Crippen molar-refractivity contribution in [3.05, 3.63) is 18.0 Å². The SMILES string of the molecule is CN=C(NCCOCCOC)NCc1ccnn1C. The van der Waals surface area contributed by atoms with E-state index in [4.69, 9.17) is 9.47 Å². The summed E-state index contributed by atoms with van der Waals surface area (Å²) < 4.78 is 12.1. The third kappa shape index (κ3) is 6.21. The molecule has 0 unspecified atom stereocenters. The van der Waals surface area contributed by atoms with Gasteiger partial charge in [-0.25, -0.2) is 0 Å². The summed E-state index contributed by atoms with van der Waals surface area (Å²) in [6, 6.07) is 1.97. The molecule has 0 aliphatic rings. The Morgan fingerprint density at radius 1 is 1.37 bits per heavy atom. The van der Waals surface area contributed by atoms with Crippen molar-refractivity contribution in [3.63, 3.8) is 0 Å². The molecule has 0 atom stereocenters. The Hall–Kier alpha value is -1.60. The number of guanidine groups is 1. The molecule has 1 heterocycles. The minimum atomic E-state index is 0.610. The van der Waals surface area contributed by atoms with Crippen molar-refractivity contribution in [2.45, 2.75) is 6.54 Å². The molecule has 2 N–H and O–H groups in total. The van der Waals surface area contributed by atoms with Crippen LogP contribution in [0.1, 0.15) is 5.69 Å². The van der Waals surface area contributed by atoms with Crippen molar-refractivity contribution in [3.8, 4) is 0 Å². The molecule has 0 bridgehead atoms. The molecule has 0 radical (unpaired) electrons. The van der Waals surface area contributed by atoms with E-state index in [1.165, 1.54) is 0 Å². The second-order valence-electron chi connectivity index (χ2n) is 3.90. The standard InChI is InChI=1S/C12H23N5O2/c1-13-12(14-6-7-19-9-8-18-3)15-10-11-4-5-16-17(11)2/h4-5H,6-10H2,1-3H3,(H2,13,14,15). The highest BCUT2D eigenvalue weighted by molar-refractivity contribution is 5.79. The zero-order chi connectivity index (χ0) is 13.9. The van der Waals surface area contributed by atoms with Gasteiger partial charge in [-0.05, 0) is 6.07 Å². The third-order valence-electron chi connectivity index (χ3n) is 2.55. The fraction of sp³-hybridized carbons (Fsp3) is 0.667. The molecule has 19 heavy (non-hydrogen) atoms. The van der Waals surface area contributed by atoms with Gasteiger partial charge in [0.25, 0.3) is 0 Å². The Kier molecular flexibility index (Phi) is 7.60. The van der Waals surface area contributed by atoms with Gasteiger partial charge in [0, 0.05) is 33.9 Å². The lowest BCUT2D eigenvalue weighted by Crippen LogP contribution is -2.38. The minimum absolute atomic E-state index is 0.610. The van der Waals surface area contributed by atoms with Crippen LogP contribution in [-0.4, -0.2) is 56.3 Å². The van der Waals surface area contributed by atoms with Crippen LogP contribution in [-0.2, 0) is 23.1 Å². The van der Waals surface area contributed by atoms with E-state index in [1.54, 1.807) is 20.4 Å². The summed E-state index contributed by atoms with van der Waals surface area (Å²) in [7, 11) is 5.31. The van der Waals surface area contributed by atoms with Crippen LogP contribution in [0, 0.1) is 0 Å². The molecule has 7 nitrogen and oxygen atoms in total. The Labute approximate surface area is 114 Å². The number of aliphatic imine (C=N–C) groups is 1. The van der Waals surface area contributed by atoms with Crippen molar-refractivity contribution in [1.82, 2.24) is 20.4 Å². The second-order valence-corrected chi connectivity index (χ2v) is 3.90. The average Bonchev–Trinajstić information content (AvgIpc) is 2.83. The molecular formula is C12H23N5O2. The van der Waals surface area contributed by atoms with Crippen LogP contribution in [0.3, 0.4) is 0 Å². The normalized spacial score (nSPS) is 11.6. The Bertz CT molecular complexity index is 378. The number of nitrogens with zero attached hydrogens (tertiary/aromatic N) is 3. The van der Waals surface area contributed by atoms with Crippen LogP contribution < -0.4 is 10.6 Å². The van der Waals surface area contributed by atoms with E-state index in [0.29, 0.717) is 32.9 Å². The topological polar surface area (TPSA) is 72.7 Å². The average molecular weight is 269 g/mol. The zero-order valence-corrected chi connectivity index (χ0v) is 11.8. The fourth-order valence-corrected chi connectivity index (χ4v) is 1.46. The number of methoxy groups -OCH3 is 1. The van der Waals surface area contributed by atoms with Crippen molar-refractivity contribution < 1.29 is 9.47 Å². The van der Waals surface area contributed by atoms with Gasteiger partial charge in [-0.3, -0.25) is 9.67 Å². The van der Waals surface area contributed by atoms with Crippen LogP contribution in [0.15, 0.2) is 17.3 Å². The number of aromatic nitrogens is 2. The first-order valence-electron chi connectivity index (χ1n) is 6.26. The highest BCUT2D eigenvalue weighted by Crippen LogP contribution is 1.94. The maximum Gasteiger partial charge on any atom is 0.191 e. The monoisotopic (exact) mass is 269 g/mol. The quantitative estimate of drug-likeness (QED) is 0.387. The summed E-state index contributed by atoms with van der Waals surface area (Å²) in [5.41, 5.74) is 1.10. The maximum absolute atomic E-state index is 5.35. The number of hydrogen-bond acceptors (Lipinski definition) is 4. The predicted octanol–water partition coefficient (Wildman–Crippen LogP) is -0.252. The molecule has 0 amide bonds.